The third kappa shape index (κ3) is 2.75. The summed E-state index contributed by atoms with van der Waals surface area (Å²) in [6.45, 7) is 8.25. The third-order valence-electron chi connectivity index (χ3n) is 8.65. The van der Waals surface area contributed by atoms with Crippen molar-refractivity contribution in [1.29, 1.82) is 5.26 Å². The molecule has 4 aromatic carbocycles. The number of hydrogen-bond donors (Lipinski definition) is 0. The van der Waals surface area contributed by atoms with Gasteiger partial charge >= 0.3 is 7.12 Å². The maximum Gasteiger partial charge on any atom is 0.498 e. The van der Waals surface area contributed by atoms with Gasteiger partial charge in [0.1, 0.15) is 11.5 Å². The molecule has 0 aromatic heterocycles. The summed E-state index contributed by atoms with van der Waals surface area (Å²) in [5.41, 5.74) is 6.37. The van der Waals surface area contributed by atoms with E-state index in [1.54, 1.807) is 0 Å². The van der Waals surface area contributed by atoms with Crippen LogP contribution in [0.3, 0.4) is 0 Å². The second kappa shape index (κ2) is 7.35. The quantitative estimate of drug-likeness (QED) is 0.257. The highest BCUT2D eigenvalue weighted by Gasteiger charge is 2.56. The minimum atomic E-state index is -0.636. The van der Waals surface area contributed by atoms with Gasteiger partial charge in [-0.15, -0.1) is 0 Å². The largest absolute Gasteiger partial charge is 0.498 e. The second-order valence-electron chi connectivity index (χ2n) is 11.0. The first-order chi connectivity index (χ1) is 17.8. The minimum absolute atomic E-state index is 0.473. The van der Waals surface area contributed by atoms with Gasteiger partial charge in [-0.05, 0) is 56.5 Å². The Morgan fingerprint density at radius 2 is 1.30 bits per heavy atom. The molecule has 1 atom stereocenters. The van der Waals surface area contributed by atoms with E-state index in [4.69, 9.17) is 14.0 Å². The summed E-state index contributed by atoms with van der Waals surface area (Å²) in [6.07, 6.45) is 0. The van der Waals surface area contributed by atoms with E-state index in [1.165, 1.54) is 0 Å². The lowest BCUT2D eigenvalue weighted by atomic mass is 9.64. The Morgan fingerprint density at radius 3 is 2.05 bits per heavy atom. The lowest BCUT2D eigenvalue weighted by molar-refractivity contribution is 0.00578. The van der Waals surface area contributed by atoms with Gasteiger partial charge in [-0.3, -0.25) is 0 Å². The van der Waals surface area contributed by atoms with Crippen LogP contribution in [0.1, 0.15) is 55.5 Å². The Hall–Kier alpha value is -3.85. The van der Waals surface area contributed by atoms with Crippen LogP contribution in [0.25, 0.3) is 11.1 Å². The van der Waals surface area contributed by atoms with Crippen LogP contribution in [-0.4, -0.2) is 18.3 Å². The summed E-state index contributed by atoms with van der Waals surface area (Å²) in [4.78, 5) is 0. The second-order valence-corrected chi connectivity index (χ2v) is 11.0. The van der Waals surface area contributed by atoms with Crippen molar-refractivity contribution in [3.8, 4) is 28.7 Å². The Kier molecular flexibility index (Phi) is 4.44. The van der Waals surface area contributed by atoms with Crippen molar-refractivity contribution in [3.05, 3.63) is 113 Å². The molecule has 1 aliphatic carbocycles. The van der Waals surface area contributed by atoms with Crippen molar-refractivity contribution >= 4 is 12.6 Å². The smallest absolute Gasteiger partial charge is 0.457 e. The molecule has 0 saturated carbocycles. The van der Waals surface area contributed by atoms with Gasteiger partial charge in [0.15, 0.2) is 0 Å². The number of fused-ring (bicyclic) bond motifs is 9. The number of nitrogens with zero attached hydrogens (tertiary/aromatic N) is 1. The zero-order valence-corrected chi connectivity index (χ0v) is 21.3. The number of hydrogen-bond acceptors (Lipinski definition) is 4. The van der Waals surface area contributed by atoms with Gasteiger partial charge in [0.05, 0.1) is 28.2 Å². The minimum Gasteiger partial charge on any atom is -0.457 e. The van der Waals surface area contributed by atoms with Crippen LogP contribution in [0.4, 0.5) is 0 Å². The molecule has 1 saturated heterocycles. The molecule has 0 bridgehead atoms. The topological polar surface area (TPSA) is 51.5 Å². The van der Waals surface area contributed by atoms with Gasteiger partial charge in [-0.2, -0.15) is 5.26 Å². The standard InChI is InChI=1S/C32H26BNO3/c1-30(2)31(3,4)37-33(36-30)26-17-10-16-25-29(26)35-27-18-8-7-14-23(27)32(25)22-13-6-5-12-21(22)28-20(19-34)11-9-15-24(28)32/h5-18H,1-4H3. The molecule has 1 unspecified atom stereocenters. The normalized spacial score (nSPS) is 21.4. The zero-order chi connectivity index (χ0) is 25.6. The average Bonchev–Trinajstić information content (AvgIpc) is 3.31. The summed E-state index contributed by atoms with van der Waals surface area (Å²) in [7, 11) is -0.566. The summed E-state index contributed by atoms with van der Waals surface area (Å²) >= 11 is 0. The van der Waals surface area contributed by atoms with Crippen LogP contribution < -0.4 is 10.2 Å². The van der Waals surface area contributed by atoms with Gasteiger partial charge in [0.25, 0.3) is 0 Å². The first-order valence-corrected chi connectivity index (χ1v) is 12.7. The fourth-order valence-corrected chi connectivity index (χ4v) is 6.24. The molecule has 7 rings (SSSR count). The molecule has 4 nitrogen and oxygen atoms in total. The third-order valence-corrected chi connectivity index (χ3v) is 8.65. The summed E-state index contributed by atoms with van der Waals surface area (Å²) < 4.78 is 19.7. The fraction of sp³-hybridized carbons (Fsp3) is 0.219. The number of benzene rings is 4. The van der Waals surface area contributed by atoms with Gasteiger partial charge in [-0.25, -0.2) is 0 Å². The van der Waals surface area contributed by atoms with Crippen molar-refractivity contribution < 1.29 is 14.0 Å². The summed E-state index contributed by atoms with van der Waals surface area (Å²) in [5.74, 6) is 1.55. The Morgan fingerprint density at radius 1 is 0.676 bits per heavy atom. The van der Waals surface area contributed by atoms with Crippen molar-refractivity contribution in [1.82, 2.24) is 0 Å². The Labute approximate surface area is 217 Å². The predicted molar refractivity (Wildman–Crippen MR) is 144 cm³/mol. The van der Waals surface area contributed by atoms with Crippen molar-refractivity contribution in [3.63, 3.8) is 0 Å². The first kappa shape index (κ1) is 22.4. The zero-order valence-electron chi connectivity index (χ0n) is 21.3. The molecule has 0 amide bonds. The molecule has 1 fully saturated rings. The molecular weight excluding hydrogens is 457 g/mol. The van der Waals surface area contributed by atoms with Crippen molar-refractivity contribution in [2.75, 3.05) is 0 Å². The predicted octanol–water partition coefficient (Wildman–Crippen LogP) is 6.33. The van der Waals surface area contributed by atoms with Crippen LogP contribution in [0.2, 0.25) is 0 Å². The maximum absolute atomic E-state index is 10.1. The van der Waals surface area contributed by atoms with Crippen molar-refractivity contribution in [2.24, 2.45) is 0 Å². The highest BCUT2D eigenvalue weighted by molar-refractivity contribution is 6.63. The van der Waals surface area contributed by atoms with E-state index in [-0.39, 0.29) is 0 Å². The molecule has 3 aliphatic rings. The van der Waals surface area contributed by atoms with Gasteiger partial charge in [0, 0.05) is 22.2 Å². The molecular formula is C32H26BNO3. The lowest BCUT2D eigenvalue weighted by Crippen LogP contribution is -2.41. The Bertz CT molecular complexity index is 1630. The number of ether oxygens (including phenoxy) is 1. The number of para-hydroxylation sites is 2. The molecule has 0 N–H and O–H groups in total. The van der Waals surface area contributed by atoms with E-state index in [0.29, 0.717) is 5.56 Å². The Balaban J connectivity index is 1.58. The molecule has 0 radical (unpaired) electrons. The molecule has 2 heterocycles. The van der Waals surface area contributed by atoms with Crippen LogP contribution in [0, 0.1) is 11.3 Å². The van der Waals surface area contributed by atoms with E-state index in [0.717, 1.165) is 50.3 Å². The average molecular weight is 483 g/mol. The highest BCUT2D eigenvalue weighted by Crippen LogP contribution is 2.62. The van der Waals surface area contributed by atoms with E-state index in [2.05, 4.69) is 82.3 Å². The molecule has 180 valence electrons. The van der Waals surface area contributed by atoms with Crippen LogP contribution >= 0.6 is 0 Å². The van der Waals surface area contributed by atoms with Crippen LogP contribution in [-0.2, 0) is 14.7 Å². The van der Waals surface area contributed by atoms with Gasteiger partial charge in [-0.1, -0.05) is 72.8 Å². The van der Waals surface area contributed by atoms with E-state index in [1.807, 2.05) is 36.4 Å². The summed E-state index contributed by atoms with van der Waals surface area (Å²) in [6, 6.07) is 31.4. The molecule has 5 heteroatoms. The monoisotopic (exact) mass is 483 g/mol. The first-order valence-electron chi connectivity index (χ1n) is 12.7. The van der Waals surface area contributed by atoms with Crippen LogP contribution in [0.5, 0.6) is 11.5 Å². The van der Waals surface area contributed by atoms with E-state index >= 15 is 0 Å². The van der Waals surface area contributed by atoms with E-state index in [9.17, 15) is 5.26 Å². The fourth-order valence-electron chi connectivity index (χ4n) is 6.24. The highest BCUT2D eigenvalue weighted by atomic mass is 16.7. The van der Waals surface area contributed by atoms with Gasteiger partial charge < -0.3 is 14.0 Å². The molecule has 2 aliphatic heterocycles. The number of nitriles is 1. The SMILES string of the molecule is CC1(C)OB(c2cccc3c2Oc2ccccc2C32c3ccccc3-c3c(C#N)cccc32)OC1(C)C. The molecule has 1 spiro atoms. The molecule has 37 heavy (non-hydrogen) atoms. The van der Waals surface area contributed by atoms with Crippen LogP contribution in [0.15, 0.2) is 84.9 Å². The maximum atomic E-state index is 10.1. The summed E-state index contributed by atoms with van der Waals surface area (Å²) in [5, 5.41) is 10.1. The lowest BCUT2D eigenvalue weighted by Gasteiger charge is -2.40. The number of rotatable bonds is 1. The molecule has 4 aromatic rings. The van der Waals surface area contributed by atoms with E-state index < -0.39 is 23.7 Å². The van der Waals surface area contributed by atoms with Gasteiger partial charge in [0.2, 0.25) is 0 Å². The van der Waals surface area contributed by atoms with Crippen molar-refractivity contribution in [2.45, 2.75) is 44.3 Å².